The standard InChI is InChI=1S/C112H68O5/c113-109-103(81-35-19-6-20-36-81)97(79-31-15-4-16-32-79)100-85-53-65-94(66-54-85)117-96-69-57-87(58-70-96)102-101(105(83-39-23-8-24-40-83)111(115)108(102)90-49-61-92(62-50-90)112(73-71-76-27-11-2-12-28-76,74-72-77-29-13-3-14-30-77)91-59-47-89(48-60-91)107(100)109)86-55-67-95(68-56-86)116-93-63-51-84(52-64-93)99-98(80-33-17-5-18-34-80)106(110(114)104(99)82-37-21-7-22-38-82)88-45-43-78(44-46-88)42-41-75-25-9-1-10-26-75/h1-40,43-70H. The van der Waals surface area contributed by atoms with Gasteiger partial charge in [0.1, 0.15) is 28.4 Å². The summed E-state index contributed by atoms with van der Waals surface area (Å²) >= 11 is 0. The Hall–Kier alpha value is -16.0. The predicted molar refractivity (Wildman–Crippen MR) is 473 cm³/mol. The summed E-state index contributed by atoms with van der Waals surface area (Å²) in [7, 11) is 0. The maximum absolute atomic E-state index is 16.3. The number of carbonyl (C=O) groups is 3. The zero-order valence-electron chi connectivity index (χ0n) is 63.3. The Morgan fingerprint density at radius 2 is 0.385 bits per heavy atom. The summed E-state index contributed by atoms with van der Waals surface area (Å²) in [5.74, 6) is 23.3. The predicted octanol–water partition coefficient (Wildman–Crippen LogP) is 24.7. The highest BCUT2D eigenvalue weighted by Gasteiger charge is 2.41. The van der Waals surface area contributed by atoms with Crippen molar-refractivity contribution in [1.82, 2.24) is 0 Å². The minimum absolute atomic E-state index is 0.0649. The zero-order valence-corrected chi connectivity index (χ0v) is 63.3. The van der Waals surface area contributed by atoms with Crippen molar-refractivity contribution in [1.29, 1.82) is 0 Å². The molecule has 0 aromatic heterocycles. The van der Waals surface area contributed by atoms with E-state index in [-0.39, 0.29) is 17.3 Å². The summed E-state index contributed by atoms with van der Waals surface area (Å²) in [5.41, 5.74) is 21.6. The van der Waals surface area contributed by atoms with E-state index in [9.17, 15) is 0 Å². The van der Waals surface area contributed by atoms with E-state index in [1.807, 2.05) is 364 Å². The Kier molecular flexibility index (Phi) is 19.1. The molecule has 7 aliphatic heterocycles. The molecule has 3 aliphatic carbocycles. The van der Waals surface area contributed by atoms with Gasteiger partial charge in [-0.15, -0.1) is 0 Å². The molecule has 0 radical (unpaired) electrons. The largest absolute Gasteiger partial charge is 0.457 e. The molecule has 0 amide bonds. The van der Waals surface area contributed by atoms with Gasteiger partial charge < -0.3 is 9.47 Å². The van der Waals surface area contributed by atoms with Crippen molar-refractivity contribution in [2.24, 2.45) is 0 Å². The molecule has 0 saturated heterocycles. The van der Waals surface area contributed by atoms with Crippen molar-refractivity contribution in [2.45, 2.75) is 5.41 Å². The van der Waals surface area contributed by atoms with E-state index in [2.05, 4.69) is 84.1 Å². The second-order valence-electron chi connectivity index (χ2n) is 28.9. The van der Waals surface area contributed by atoms with Crippen LogP contribution in [0.25, 0.3) is 66.9 Å². The van der Waals surface area contributed by atoms with Crippen molar-refractivity contribution >= 4 is 84.2 Å². The number of hydrogen-bond acceptors (Lipinski definition) is 5. The molecule has 546 valence electrons. The third kappa shape index (κ3) is 13.9. The number of ketones is 3. The van der Waals surface area contributed by atoms with Crippen molar-refractivity contribution in [3.8, 4) is 58.5 Å². The number of ether oxygens (including phenoxy) is 2. The van der Waals surface area contributed by atoms with Gasteiger partial charge in [0.25, 0.3) is 0 Å². The van der Waals surface area contributed by atoms with Crippen LogP contribution in [0.2, 0.25) is 0 Å². The quantitative estimate of drug-likeness (QED) is 0.128. The molecule has 5 heteroatoms. The summed E-state index contributed by atoms with van der Waals surface area (Å²) in [5, 5.41) is 0. The van der Waals surface area contributed by atoms with E-state index in [0.29, 0.717) is 62.0 Å². The molecular weight excluding hydrogens is 1430 g/mol. The monoisotopic (exact) mass is 1490 g/mol. The van der Waals surface area contributed by atoms with E-state index in [0.717, 1.165) is 128 Å². The fourth-order valence-corrected chi connectivity index (χ4v) is 16.3. The highest BCUT2D eigenvalue weighted by Crippen LogP contribution is 2.55. The van der Waals surface area contributed by atoms with Crippen LogP contribution in [0.15, 0.2) is 413 Å². The average molecular weight is 1490 g/mol. The number of Topliss-reactive ketones (excluding diaryl/α,β-unsaturated/α-hetero) is 3. The molecular formula is C112H68O5. The molecule has 0 unspecified atom stereocenters. The smallest absolute Gasteiger partial charge is 0.195 e. The van der Waals surface area contributed by atoms with Crippen LogP contribution in [0.1, 0.15) is 100 Å². The Balaban J connectivity index is 0.729. The molecule has 7 heterocycles. The van der Waals surface area contributed by atoms with Crippen molar-refractivity contribution in [3.05, 3.63) is 513 Å². The summed E-state index contributed by atoms with van der Waals surface area (Å²) in [6.07, 6.45) is 0. The van der Waals surface area contributed by atoms with E-state index in [1.165, 1.54) is 0 Å². The maximum atomic E-state index is 16.3. The Labute approximate surface area is 680 Å². The maximum Gasteiger partial charge on any atom is 0.195 e. The second kappa shape index (κ2) is 31.3. The van der Waals surface area contributed by atoms with Gasteiger partial charge in [-0.3, -0.25) is 14.4 Å². The number of allylic oxidation sites excluding steroid dienone is 12. The lowest BCUT2D eigenvalue weighted by molar-refractivity contribution is -0.109. The van der Waals surface area contributed by atoms with Gasteiger partial charge in [-0.2, -0.15) is 0 Å². The molecule has 10 aliphatic rings. The summed E-state index contributed by atoms with van der Waals surface area (Å²) in [6.45, 7) is 0. The van der Waals surface area contributed by atoms with Crippen LogP contribution >= 0.6 is 0 Å². The molecule has 8 bridgehead atoms. The number of rotatable bonds is 10. The van der Waals surface area contributed by atoms with Crippen LogP contribution in [0.5, 0.6) is 23.0 Å². The second-order valence-corrected chi connectivity index (χ2v) is 28.9. The van der Waals surface area contributed by atoms with Crippen molar-refractivity contribution < 1.29 is 23.9 Å². The van der Waals surface area contributed by atoms with Gasteiger partial charge in [-0.05, 0) is 175 Å². The average Bonchev–Trinajstić information content (AvgIpc) is 1.62. The van der Waals surface area contributed by atoms with Crippen molar-refractivity contribution in [3.63, 3.8) is 0 Å². The molecule has 25 rings (SSSR count). The summed E-state index contributed by atoms with van der Waals surface area (Å²) < 4.78 is 13.5. The highest BCUT2D eigenvalue weighted by atomic mass is 16.5. The first-order valence-electron chi connectivity index (χ1n) is 39.0. The van der Waals surface area contributed by atoms with Crippen LogP contribution in [0.3, 0.4) is 0 Å². The molecule has 15 aromatic carbocycles. The molecule has 0 N–H and O–H groups in total. The Morgan fingerprint density at radius 3 is 0.658 bits per heavy atom. The first-order valence-corrected chi connectivity index (χ1v) is 39.0. The SMILES string of the molecule is O=C1C(c2ccc(C#Cc3ccccc3)cc2)=C(c2ccccc2)C(c2ccc(Oc3ccc(C4=C(c5ccccc5)C(=O)C5=C4c4ccc(cc4)Oc4ccc(cc4)C4=C(C(=O)C(c6ccccc6)=C4c4ccccc4)c4ccc(cc4)C(C#Cc4ccccc4)(C#Cc4ccccc4)c4ccc5cc4)cc3)cc2)=C1c1ccccc1. The van der Waals surface area contributed by atoms with Crippen molar-refractivity contribution in [2.75, 3.05) is 0 Å². The van der Waals surface area contributed by atoms with Crippen LogP contribution in [0.4, 0.5) is 0 Å². The molecule has 0 spiro atoms. The lowest BCUT2D eigenvalue weighted by Gasteiger charge is -2.25. The van der Waals surface area contributed by atoms with Gasteiger partial charge in [0.2, 0.25) is 0 Å². The fraction of sp³-hybridized carbons (Fsp3) is 0.00893. The lowest BCUT2D eigenvalue weighted by atomic mass is 9.74. The summed E-state index contributed by atoms with van der Waals surface area (Å²) in [6, 6.07) is 136. The number of carbonyl (C=O) groups excluding carboxylic acids is 3. The minimum atomic E-state index is -1.30. The number of hydrogen-bond donors (Lipinski definition) is 0. The third-order valence-corrected chi connectivity index (χ3v) is 21.8. The fourth-order valence-electron chi connectivity index (χ4n) is 16.3. The molecule has 0 saturated carbocycles. The molecule has 15 aromatic rings. The Morgan fingerprint density at radius 1 is 0.188 bits per heavy atom. The first kappa shape index (κ1) is 71.4. The van der Waals surface area contributed by atoms with E-state index < -0.39 is 5.41 Å². The minimum Gasteiger partial charge on any atom is -0.457 e. The van der Waals surface area contributed by atoms with Gasteiger partial charge in [-0.25, -0.2) is 0 Å². The highest BCUT2D eigenvalue weighted by molar-refractivity contribution is 6.61. The van der Waals surface area contributed by atoms with E-state index >= 15 is 14.4 Å². The third-order valence-electron chi connectivity index (χ3n) is 21.8. The van der Waals surface area contributed by atoms with Gasteiger partial charge in [0, 0.05) is 89.1 Å². The van der Waals surface area contributed by atoms with Gasteiger partial charge in [-0.1, -0.05) is 351 Å². The van der Waals surface area contributed by atoms with E-state index in [4.69, 9.17) is 9.47 Å². The van der Waals surface area contributed by atoms with Gasteiger partial charge in [0.05, 0.1) is 0 Å². The van der Waals surface area contributed by atoms with Crippen LogP contribution in [-0.4, -0.2) is 17.3 Å². The van der Waals surface area contributed by atoms with Gasteiger partial charge in [0.15, 0.2) is 17.3 Å². The number of benzene rings is 15. The Bertz CT molecular complexity index is 6750. The van der Waals surface area contributed by atoms with E-state index in [1.54, 1.807) is 0 Å². The topological polar surface area (TPSA) is 69.7 Å². The molecule has 0 atom stereocenters. The molecule has 117 heavy (non-hydrogen) atoms. The van der Waals surface area contributed by atoms with Crippen LogP contribution < -0.4 is 9.47 Å². The zero-order chi connectivity index (χ0) is 78.6. The van der Waals surface area contributed by atoms with Crippen LogP contribution in [-0.2, 0) is 19.8 Å². The molecule has 0 fully saturated rings. The first-order chi connectivity index (χ1) is 57.7. The lowest BCUT2D eigenvalue weighted by Crippen LogP contribution is -2.24. The summed E-state index contributed by atoms with van der Waals surface area (Å²) in [4.78, 5) is 47.5. The van der Waals surface area contributed by atoms with Crippen LogP contribution in [0, 0.1) is 35.5 Å². The normalized spacial score (nSPS) is 13.9. The van der Waals surface area contributed by atoms with Gasteiger partial charge >= 0.3 is 0 Å². The molecule has 5 nitrogen and oxygen atoms in total.